The van der Waals surface area contributed by atoms with E-state index in [1.807, 2.05) is 0 Å². The normalized spacial score (nSPS) is 15.1. The van der Waals surface area contributed by atoms with Gasteiger partial charge < -0.3 is 5.73 Å². The summed E-state index contributed by atoms with van der Waals surface area (Å²) in [5, 5.41) is 0. The molecule has 0 atom stereocenters. The van der Waals surface area contributed by atoms with Gasteiger partial charge >= 0.3 is 6.18 Å². The number of hydrogen-bond donors (Lipinski definition) is 1. The number of nitrogens with two attached hydrogens (primary N) is 1. The molecule has 1 aromatic carbocycles. The second-order valence-electron chi connectivity index (χ2n) is 3.60. The van der Waals surface area contributed by atoms with Crippen molar-refractivity contribution in [1.29, 1.82) is 0 Å². The van der Waals surface area contributed by atoms with E-state index in [-0.39, 0.29) is 11.5 Å². The molecule has 2 N–H and O–H groups in total. The Labute approximate surface area is 84.6 Å². The minimum atomic E-state index is -4.37. The van der Waals surface area contributed by atoms with Gasteiger partial charge in [0, 0.05) is 6.42 Å². The lowest BCUT2D eigenvalue weighted by atomic mass is 10.0. The number of aliphatic imine (C=N–C) groups is 1. The molecule has 0 unspecified atom stereocenters. The first-order valence-corrected chi connectivity index (χ1v) is 4.41. The Kier molecular flexibility index (Phi) is 1.99. The van der Waals surface area contributed by atoms with Crippen LogP contribution in [0.2, 0.25) is 0 Å². The van der Waals surface area contributed by atoms with Crippen LogP contribution >= 0.6 is 0 Å². The number of halogens is 3. The van der Waals surface area contributed by atoms with E-state index in [1.54, 1.807) is 13.0 Å². The van der Waals surface area contributed by atoms with Gasteiger partial charge in [-0.2, -0.15) is 13.2 Å². The smallest absolute Gasteiger partial charge is 0.387 e. The molecular formula is C10H9F3N2. The molecule has 2 rings (SSSR count). The molecule has 0 spiro atoms. The summed E-state index contributed by atoms with van der Waals surface area (Å²) >= 11 is 0. The van der Waals surface area contributed by atoms with Gasteiger partial charge in [0.2, 0.25) is 0 Å². The quantitative estimate of drug-likeness (QED) is 0.708. The lowest BCUT2D eigenvalue weighted by Crippen LogP contribution is -2.09. The molecule has 0 amide bonds. The fraction of sp³-hybridized carbons (Fsp3) is 0.300. The van der Waals surface area contributed by atoms with Crippen molar-refractivity contribution in [1.82, 2.24) is 0 Å². The Morgan fingerprint density at radius 1 is 1.33 bits per heavy atom. The third-order valence-electron chi connectivity index (χ3n) is 2.27. The van der Waals surface area contributed by atoms with Crippen molar-refractivity contribution in [3.8, 4) is 0 Å². The number of alkyl halides is 3. The second-order valence-corrected chi connectivity index (χ2v) is 3.60. The predicted octanol–water partition coefficient (Wildman–Crippen LogP) is 2.56. The monoisotopic (exact) mass is 214 g/mol. The van der Waals surface area contributed by atoms with Crippen molar-refractivity contribution >= 4 is 11.5 Å². The molecular weight excluding hydrogens is 205 g/mol. The summed E-state index contributed by atoms with van der Waals surface area (Å²) in [7, 11) is 0. The Morgan fingerprint density at radius 2 is 2.00 bits per heavy atom. The van der Waals surface area contributed by atoms with Gasteiger partial charge in [-0.15, -0.1) is 0 Å². The molecule has 0 saturated heterocycles. The van der Waals surface area contributed by atoms with Gasteiger partial charge in [0.25, 0.3) is 0 Å². The number of amidine groups is 1. The number of nitrogens with zero attached hydrogens (tertiary/aromatic N) is 1. The predicted molar refractivity (Wildman–Crippen MR) is 51.2 cm³/mol. The molecule has 80 valence electrons. The highest BCUT2D eigenvalue weighted by Crippen LogP contribution is 2.41. The van der Waals surface area contributed by atoms with Crippen LogP contribution in [0.4, 0.5) is 18.9 Å². The van der Waals surface area contributed by atoms with Crippen molar-refractivity contribution < 1.29 is 13.2 Å². The highest BCUT2D eigenvalue weighted by Gasteiger charge is 2.36. The van der Waals surface area contributed by atoms with Gasteiger partial charge in [0.15, 0.2) is 0 Å². The van der Waals surface area contributed by atoms with Crippen LogP contribution in [0.1, 0.15) is 16.7 Å². The maximum Gasteiger partial charge on any atom is 0.418 e. The Balaban J connectivity index is 2.65. The van der Waals surface area contributed by atoms with Crippen LogP contribution in [0.25, 0.3) is 0 Å². The molecule has 0 bridgehead atoms. The van der Waals surface area contributed by atoms with Crippen molar-refractivity contribution in [2.75, 3.05) is 0 Å². The standard InChI is InChI=1S/C10H9F3N2/c1-5-2-6-4-8(14)15-9(6)7(3-5)10(11,12)13/h2-3H,4H2,1H3,(H2,14,15). The Hall–Kier alpha value is -1.52. The average molecular weight is 214 g/mol. The summed E-state index contributed by atoms with van der Waals surface area (Å²) < 4.78 is 37.9. The van der Waals surface area contributed by atoms with Crippen LogP contribution in [-0.2, 0) is 12.6 Å². The summed E-state index contributed by atoms with van der Waals surface area (Å²) in [6.45, 7) is 1.63. The van der Waals surface area contributed by atoms with Crippen molar-refractivity contribution in [3.63, 3.8) is 0 Å². The molecule has 2 nitrogen and oxygen atoms in total. The molecule has 0 aromatic heterocycles. The van der Waals surface area contributed by atoms with E-state index in [1.165, 1.54) is 0 Å². The molecule has 0 fully saturated rings. The summed E-state index contributed by atoms with van der Waals surface area (Å²) in [5.41, 5.74) is 5.84. The van der Waals surface area contributed by atoms with Gasteiger partial charge in [-0.05, 0) is 18.6 Å². The Morgan fingerprint density at radius 3 is 2.60 bits per heavy atom. The minimum absolute atomic E-state index is 0.0226. The number of fused-ring (bicyclic) bond motifs is 1. The maximum absolute atomic E-state index is 12.6. The average Bonchev–Trinajstić information content (AvgIpc) is 2.41. The van der Waals surface area contributed by atoms with Crippen molar-refractivity contribution in [3.05, 3.63) is 28.8 Å². The summed E-state index contributed by atoms with van der Waals surface area (Å²) in [6.07, 6.45) is -4.07. The first kappa shape index (κ1) is 10.0. The van der Waals surface area contributed by atoms with E-state index in [0.717, 1.165) is 6.07 Å². The molecule has 0 aliphatic carbocycles. The molecule has 0 radical (unpaired) electrons. The molecule has 15 heavy (non-hydrogen) atoms. The van der Waals surface area contributed by atoms with Crippen LogP contribution in [-0.4, -0.2) is 5.84 Å². The number of hydrogen-bond acceptors (Lipinski definition) is 2. The first-order valence-electron chi connectivity index (χ1n) is 4.41. The third-order valence-corrected chi connectivity index (χ3v) is 2.27. The largest absolute Gasteiger partial charge is 0.418 e. The number of aryl methyl sites for hydroxylation is 1. The number of rotatable bonds is 0. The van der Waals surface area contributed by atoms with Crippen molar-refractivity contribution in [2.24, 2.45) is 10.7 Å². The van der Waals surface area contributed by atoms with Gasteiger partial charge in [0.05, 0.1) is 11.3 Å². The molecule has 5 heteroatoms. The Bertz CT molecular complexity index is 447. The van der Waals surface area contributed by atoms with Crippen LogP contribution in [0.3, 0.4) is 0 Å². The summed E-state index contributed by atoms with van der Waals surface area (Å²) in [4.78, 5) is 3.73. The van der Waals surface area contributed by atoms with Gasteiger partial charge in [0.1, 0.15) is 5.84 Å². The number of benzene rings is 1. The van der Waals surface area contributed by atoms with Gasteiger partial charge in [-0.1, -0.05) is 11.6 Å². The van der Waals surface area contributed by atoms with E-state index < -0.39 is 11.7 Å². The second kappa shape index (κ2) is 2.98. The zero-order chi connectivity index (χ0) is 11.2. The van der Waals surface area contributed by atoms with E-state index in [4.69, 9.17) is 5.73 Å². The van der Waals surface area contributed by atoms with E-state index in [0.29, 0.717) is 17.5 Å². The molecule has 0 saturated carbocycles. The molecule has 1 aliphatic rings. The van der Waals surface area contributed by atoms with E-state index in [9.17, 15) is 13.2 Å². The SMILES string of the molecule is Cc1cc2c(c(C(F)(F)F)c1)N=C(N)C2. The fourth-order valence-corrected chi connectivity index (χ4v) is 1.71. The minimum Gasteiger partial charge on any atom is -0.387 e. The van der Waals surface area contributed by atoms with Crippen LogP contribution in [0.5, 0.6) is 0 Å². The van der Waals surface area contributed by atoms with E-state index in [2.05, 4.69) is 4.99 Å². The van der Waals surface area contributed by atoms with Gasteiger partial charge in [-0.3, -0.25) is 0 Å². The molecule has 1 heterocycles. The zero-order valence-corrected chi connectivity index (χ0v) is 8.02. The molecule has 1 aromatic rings. The highest BCUT2D eigenvalue weighted by atomic mass is 19.4. The topological polar surface area (TPSA) is 38.4 Å². The lowest BCUT2D eigenvalue weighted by molar-refractivity contribution is -0.137. The fourth-order valence-electron chi connectivity index (χ4n) is 1.71. The van der Waals surface area contributed by atoms with Crippen molar-refractivity contribution in [2.45, 2.75) is 19.5 Å². The van der Waals surface area contributed by atoms with E-state index >= 15 is 0 Å². The summed E-state index contributed by atoms with van der Waals surface area (Å²) in [6, 6.07) is 2.79. The van der Waals surface area contributed by atoms with Crippen LogP contribution in [0, 0.1) is 6.92 Å². The molecule has 1 aliphatic heterocycles. The van der Waals surface area contributed by atoms with Gasteiger partial charge in [-0.25, -0.2) is 4.99 Å². The van der Waals surface area contributed by atoms with Crippen LogP contribution < -0.4 is 5.73 Å². The first-order chi connectivity index (χ1) is 6.88. The zero-order valence-electron chi connectivity index (χ0n) is 8.02. The highest BCUT2D eigenvalue weighted by molar-refractivity contribution is 5.91. The lowest BCUT2D eigenvalue weighted by Gasteiger charge is -2.11. The maximum atomic E-state index is 12.6. The third kappa shape index (κ3) is 1.69. The summed E-state index contributed by atoms with van der Waals surface area (Å²) in [5.74, 6) is 0.237. The van der Waals surface area contributed by atoms with Crippen LogP contribution in [0.15, 0.2) is 17.1 Å².